The molecule has 0 spiro atoms. The minimum Gasteiger partial charge on any atom is -0.275 e. The molecule has 1 unspecified atom stereocenters. The van der Waals surface area contributed by atoms with Crippen molar-refractivity contribution < 1.29 is 0 Å². The lowest BCUT2D eigenvalue weighted by atomic mass is 10.2. The van der Waals surface area contributed by atoms with E-state index in [2.05, 4.69) is 11.2 Å². The molecule has 1 aliphatic carbocycles. The molecule has 3 heteroatoms. The fourth-order valence-electron chi connectivity index (χ4n) is 1.48. The van der Waals surface area contributed by atoms with E-state index in [1.165, 1.54) is 5.57 Å². The van der Waals surface area contributed by atoms with Gasteiger partial charge in [0.15, 0.2) is 0 Å². The third-order valence-corrected chi connectivity index (χ3v) is 2.46. The van der Waals surface area contributed by atoms with Crippen LogP contribution in [0.15, 0.2) is 18.3 Å². The first-order valence-electron chi connectivity index (χ1n) is 4.10. The smallest absolute Gasteiger partial charge is 0.0880 e. The molecule has 1 atom stereocenters. The summed E-state index contributed by atoms with van der Waals surface area (Å²) in [6.07, 6.45) is 6.17. The van der Waals surface area contributed by atoms with Crippen molar-refractivity contribution in [2.24, 2.45) is 7.05 Å². The molecule has 0 fully saturated rings. The van der Waals surface area contributed by atoms with E-state index in [1.54, 1.807) is 0 Å². The molecule has 2 nitrogen and oxygen atoms in total. The van der Waals surface area contributed by atoms with Gasteiger partial charge < -0.3 is 0 Å². The van der Waals surface area contributed by atoms with E-state index >= 15 is 0 Å². The van der Waals surface area contributed by atoms with Crippen LogP contribution in [0.3, 0.4) is 0 Å². The molecule has 0 amide bonds. The topological polar surface area (TPSA) is 17.8 Å². The van der Waals surface area contributed by atoms with Crippen LogP contribution < -0.4 is 0 Å². The van der Waals surface area contributed by atoms with Gasteiger partial charge in [0, 0.05) is 13.2 Å². The summed E-state index contributed by atoms with van der Waals surface area (Å²) in [5.41, 5.74) is 2.36. The number of hydrogen-bond donors (Lipinski definition) is 0. The van der Waals surface area contributed by atoms with Gasteiger partial charge in [-0.3, -0.25) is 4.68 Å². The second-order valence-corrected chi connectivity index (χ2v) is 3.68. The highest BCUT2D eigenvalue weighted by molar-refractivity contribution is 6.22. The van der Waals surface area contributed by atoms with Crippen LogP contribution in [0.25, 0.3) is 5.57 Å². The first-order valence-corrected chi connectivity index (χ1v) is 4.54. The summed E-state index contributed by atoms with van der Waals surface area (Å²) in [7, 11) is 1.93. The Balaban J connectivity index is 2.26. The van der Waals surface area contributed by atoms with Crippen molar-refractivity contribution in [3.05, 3.63) is 24.0 Å². The van der Waals surface area contributed by atoms with Crippen LogP contribution in [0.5, 0.6) is 0 Å². The highest BCUT2D eigenvalue weighted by Gasteiger charge is 2.15. The summed E-state index contributed by atoms with van der Waals surface area (Å²) in [6.45, 7) is 0. The van der Waals surface area contributed by atoms with Crippen LogP contribution in [-0.4, -0.2) is 15.2 Å². The van der Waals surface area contributed by atoms with Crippen LogP contribution in [0.4, 0.5) is 0 Å². The largest absolute Gasteiger partial charge is 0.275 e. The van der Waals surface area contributed by atoms with E-state index in [1.807, 2.05) is 24.0 Å². The van der Waals surface area contributed by atoms with Crippen LogP contribution in [-0.2, 0) is 7.05 Å². The van der Waals surface area contributed by atoms with Crippen molar-refractivity contribution in [3.8, 4) is 0 Å². The van der Waals surface area contributed by atoms with Crippen molar-refractivity contribution in [1.29, 1.82) is 0 Å². The standard InChI is InChI=1S/C9H11ClN2/c1-12-5-4-9(11-12)7-2-3-8(10)6-7/h4-6,8H,2-3H2,1H3. The molecule has 1 heterocycles. The quantitative estimate of drug-likeness (QED) is 0.609. The Labute approximate surface area is 76.8 Å². The zero-order valence-corrected chi connectivity index (χ0v) is 7.75. The van der Waals surface area contributed by atoms with Gasteiger partial charge in [-0.1, -0.05) is 6.08 Å². The number of hydrogen-bond acceptors (Lipinski definition) is 1. The Hall–Kier alpha value is -0.760. The number of aryl methyl sites for hydroxylation is 1. The van der Waals surface area contributed by atoms with Crippen molar-refractivity contribution in [2.45, 2.75) is 18.2 Å². The molecule has 0 aromatic carbocycles. The molecular formula is C9H11ClN2. The molecule has 1 aliphatic rings. The Kier molecular flexibility index (Phi) is 1.93. The molecule has 0 radical (unpaired) electrons. The number of halogens is 1. The third kappa shape index (κ3) is 1.39. The maximum Gasteiger partial charge on any atom is 0.0880 e. The summed E-state index contributed by atoms with van der Waals surface area (Å²) < 4.78 is 1.82. The zero-order valence-electron chi connectivity index (χ0n) is 7.00. The normalized spacial score (nSPS) is 22.8. The minimum atomic E-state index is 0.210. The van der Waals surface area contributed by atoms with Crippen LogP contribution in [0, 0.1) is 0 Å². The average molecular weight is 183 g/mol. The van der Waals surface area contributed by atoms with E-state index in [0.29, 0.717) is 0 Å². The monoisotopic (exact) mass is 182 g/mol. The molecule has 1 aromatic heterocycles. The zero-order chi connectivity index (χ0) is 8.55. The van der Waals surface area contributed by atoms with Crippen LogP contribution in [0.2, 0.25) is 0 Å². The molecular weight excluding hydrogens is 172 g/mol. The Morgan fingerprint density at radius 2 is 2.50 bits per heavy atom. The van der Waals surface area contributed by atoms with Gasteiger partial charge >= 0.3 is 0 Å². The molecule has 0 saturated heterocycles. The molecule has 2 rings (SSSR count). The minimum absolute atomic E-state index is 0.210. The van der Waals surface area contributed by atoms with E-state index in [0.717, 1.165) is 18.5 Å². The summed E-state index contributed by atoms with van der Waals surface area (Å²) >= 11 is 5.95. The summed E-state index contributed by atoms with van der Waals surface area (Å²) in [5.74, 6) is 0. The van der Waals surface area contributed by atoms with Gasteiger partial charge in [0.05, 0.1) is 11.1 Å². The number of alkyl halides is 1. The molecule has 0 aliphatic heterocycles. The van der Waals surface area contributed by atoms with E-state index in [-0.39, 0.29) is 5.38 Å². The molecule has 1 aromatic rings. The average Bonchev–Trinajstić information content (AvgIpc) is 2.58. The number of allylic oxidation sites excluding steroid dienone is 2. The Morgan fingerprint density at radius 3 is 3.00 bits per heavy atom. The van der Waals surface area contributed by atoms with Gasteiger partial charge in [0.2, 0.25) is 0 Å². The highest BCUT2D eigenvalue weighted by atomic mass is 35.5. The van der Waals surface area contributed by atoms with Gasteiger partial charge in [-0.2, -0.15) is 5.10 Å². The first kappa shape index (κ1) is 7.87. The van der Waals surface area contributed by atoms with Gasteiger partial charge in [-0.15, -0.1) is 11.6 Å². The molecule has 0 N–H and O–H groups in total. The number of nitrogens with zero attached hydrogens (tertiary/aromatic N) is 2. The van der Waals surface area contributed by atoms with Gasteiger partial charge in [0.1, 0.15) is 0 Å². The first-order chi connectivity index (χ1) is 5.75. The fraction of sp³-hybridized carbons (Fsp3) is 0.444. The van der Waals surface area contributed by atoms with E-state index < -0.39 is 0 Å². The lowest BCUT2D eigenvalue weighted by Crippen LogP contribution is -1.89. The third-order valence-electron chi connectivity index (χ3n) is 2.11. The van der Waals surface area contributed by atoms with Crippen molar-refractivity contribution in [1.82, 2.24) is 9.78 Å². The van der Waals surface area contributed by atoms with Gasteiger partial charge in [-0.25, -0.2) is 0 Å². The van der Waals surface area contributed by atoms with Gasteiger partial charge in [-0.05, 0) is 24.5 Å². The Morgan fingerprint density at radius 1 is 1.67 bits per heavy atom. The lowest BCUT2D eigenvalue weighted by Gasteiger charge is -1.93. The van der Waals surface area contributed by atoms with E-state index in [9.17, 15) is 0 Å². The van der Waals surface area contributed by atoms with Crippen molar-refractivity contribution >= 4 is 17.2 Å². The summed E-state index contributed by atoms with van der Waals surface area (Å²) in [6, 6.07) is 2.03. The molecule has 64 valence electrons. The van der Waals surface area contributed by atoms with Crippen LogP contribution >= 0.6 is 11.6 Å². The maximum atomic E-state index is 5.95. The summed E-state index contributed by atoms with van der Waals surface area (Å²) in [4.78, 5) is 0. The predicted molar refractivity (Wildman–Crippen MR) is 50.1 cm³/mol. The number of rotatable bonds is 1. The summed E-state index contributed by atoms with van der Waals surface area (Å²) in [5, 5.41) is 4.53. The molecule has 0 saturated carbocycles. The molecule has 0 bridgehead atoms. The highest BCUT2D eigenvalue weighted by Crippen LogP contribution is 2.29. The maximum absolute atomic E-state index is 5.95. The SMILES string of the molecule is Cn1ccc(C2=CC(Cl)CC2)n1. The fourth-order valence-corrected chi connectivity index (χ4v) is 1.74. The predicted octanol–water partition coefficient (Wildman–Crippen LogP) is 2.20. The van der Waals surface area contributed by atoms with Gasteiger partial charge in [0.25, 0.3) is 0 Å². The van der Waals surface area contributed by atoms with Crippen molar-refractivity contribution in [3.63, 3.8) is 0 Å². The molecule has 12 heavy (non-hydrogen) atoms. The second kappa shape index (κ2) is 2.94. The Bertz CT molecular complexity index is 314. The lowest BCUT2D eigenvalue weighted by molar-refractivity contribution is 0.761. The van der Waals surface area contributed by atoms with Crippen molar-refractivity contribution in [2.75, 3.05) is 0 Å². The van der Waals surface area contributed by atoms with E-state index in [4.69, 9.17) is 11.6 Å². The second-order valence-electron chi connectivity index (χ2n) is 3.12. The number of aromatic nitrogens is 2. The van der Waals surface area contributed by atoms with Crippen LogP contribution in [0.1, 0.15) is 18.5 Å².